The molecule has 1 fully saturated rings. The number of aromatic nitrogens is 3. The average molecular weight is 391 g/mol. The van der Waals surface area contributed by atoms with Crippen LogP contribution in [0, 0.1) is 18.7 Å². The van der Waals surface area contributed by atoms with Gasteiger partial charge in [-0.05, 0) is 48.9 Å². The number of likely N-dealkylation sites (tertiary alicyclic amines) is 1. The Bertz CT molecular complexity index is 1010. The minimum atomic E-state index is -0.303. The number of rotatable bonds is 5. The van der Waals surface area contributed by atoms with Gasteiger partial charge in [-0.15, -0.1) is 0 Å². The lowest BCUT2D eigenvalue weighted by molar-refractivity contribution is -0.136. The van der Waals surface area contributed by atoms with Gasteiger partial charge in [-0.3, -0.25) is 9.78 Å². The van der Waals surface area contributed by atoms with Crippen molar-refractivity contribution in [1.29, 1.82) is 0 Å². The molecule has 3 heterocycles. The molecule has 3 aromatic rings. The molecule has 6 nitrogen and oxygen atoms in total. The van der Waals surface area contributed by atoms with E-state index in [0.29, 0.717) is 36.1 Å². The molecule has 1 aliphatic heterocycles. The SMILES string of the molecule is Cc1cnc(CC2CN(C(=O)Cc3nc(-c4ccc(F)cc4)ccc3N)C2)nc1. The third kappa shape index (κ3) is 4.39. The molecule has 0 radical (unpaired) electrons. The molecule has 29 heavy (non-hydrogen) atoms. The Morgan fingerprint density at radius 1 is 1.14 bits per heavy atom. The lowest BCUT2D eigenvalue weighted by Crippen LogP contribution is -2.51. The van der Waals surface area contributed by atoms with Gasteiger partial charge in [0.15, 0.2) is 0 Å². The summed E-state index contributed by atoms with van der Waals surface area (Å²) in [6.45, 7) is 3.33. The van der Waals surface area contributed by atoms with Gasteiger partial charge in [-0.25, -0.2) is 14.4 Å². The van der Waals surface area contributed by atoms with Crippen molar-refractivity contribution in [3.05, 3.63) is 71.7 Å². The fraction of sp³-hybridized carbons (Fsp3) is 0.273. The maximum absolute atomic E-state index is 13.1. The van der Waals surface area contributed by atoms with Crippen LogP contribution in [0.5, 0.6) is 0 Å². The third-order valence-corrected chi connectivity index (χ3v) is 5.08. The number of halogens is 1. The highest BCUT2D eigenvalue weighted by molar-refractivity contribution is 5.81. The number of pyridine rings is 1. The van der Waals surface area contributed by atoms with Crippen molar-refractivity contribution in [2.45, 2.75) is 19.8 Å². The molecule has 0 unspecified atom stereocenters. The number of carbonyl (C=O) groups excluding carboxylic acids is 1. The van der Waals surface area contributed by atoms with E-state index in [-0.39, 0.29) is 18.1 Å². The minimum Gasteiger partial charge on any atom is -0.397 e. The van der Waals surface area contributed by atoms with E-state index in [2.05, 4.69) is 15.0 Å². The maximum Gasteiger partial charge on any atom is 0.228 e. The molecule has 0 bridgehead atoms. The normalized spacial score (nSPS) is 13.9. The zero-order valence-electron chi connectivity index (χ0n) is 16.2. The zero-order chi connectivity index (χ0) is 20.4. The summed E-state index contributed by atoms with van der Waals surface area (Å²) in [5.74, 6) is 0.882. The van der Waals surface area contributed by atoms with Gasteiger partial charge in [0.25, 0.3) is 0 Å². The summed E-state index contributed by atoms with van der Waals surface area (Å²) in [6.07, 6.45) is 4.54. The quantitative estimate of drug-likeness (QED) is 0.723. The van der Waals surface area contributed by atoms with E-state index in [1.54, 1.807) is 24.3 Å². The second kappa shape index (κ2) is 7.95. The van der Waals surface area contributed by atoms with E-state index >= 15 is 0 Å². The molecule has 1 aliphatic rings. The number of aryl methyl sites for hydroxylation is 1. The van der Waals surface area contributed by atoms with Crippen LogP contribution < -0.4 is 5.73 Å². The Labute approximate surface area is 168 Å². The smallest absolute Gasteiger partial charge is 0.228 e. The molecule has 2 aromatic heterocycles. The van der Waals surface area contributed by atoms with E-state index in [4.69, 9.17) is 5.73 Å². The zero-order valence-corrected chi connectivity index (χ0v) is 16.2. The van der Waals surface area contributed by atoms with Gasteiger partial charge < -0.3 is 10.6 Å². The van der Waals surface area contributed by atoms with Gasteiger partial charge in [-0.1, -0.05) is 0 Å². The topological polar surface area (TPSA) is 85.0 Å². The Balaban J connectivity index is 1.37. The van der Waals surface area contributed by atoms with E-state index in [0.717, 1.165) is 23.4 Å². The fourth-order valence-corrected chi connectivity index (χ4v) is 3.38. The molecule has 4 rings (SSSR count). The number of anilines is 1. The van der Waals surface area contributed by atoms with Crippen LogP contribution in [0.15, 0.2) is 48.8 Å². The first-order chi connectivity index (χ1) is 14.0. The fourth-order valence-electron chi connectivity index (χ4n) is 3.38. The van der Waals surface area contributed by atoms with E-state index in [9.17, 15) is 9.18 Å². The highest BCUT2D eigenvalue weighted by Gasteiger charge is 2.31. The number of amides is 1. The number of nitrogens with two attached hydrogens (primary N) is 1. The molecule has 0 aliphatic carbocycles. The monoisotopic (exact) mass is 391 g/mol. The maximum atomic E-state index is 13.1. The second-order valence-corrected chi connectivity index (χ2v) is 7.46. The number of benzene rings is 1. The molecular formula is C22H22FN5O. The lowest BCUT2D eigenvalue weighted by atomic mass is 9.95. The van der Waals surface area contributed by atoms with Crippen molar-refractivity contribution in [3.63, 3.8) is 0 Å². The van der Waals surface area contributed by atoms with Crippen molar-refractivity contribution in [2.75, 3.05) is 18.8 Å². The van der Waals surface area contributed by atoms with Crippen LogP contribution in [0.2, 0.25) is 0 Å². The molecule has 0 spiro atoms. The second-order valence-electron chi connectivity index (χ2n) is 7.46. The largest absolute Gasteiger partial charge is 0.397 e. The molecular weight excluding hydrogens is 369 g/mol. The summed E-state index contributed by atoms with van der Waals surface area (Å²) in [5, 5.41) is 0. The van der Waals surface area contributed by atoms with Crippen molar-refractivity contribution < 1.29 is 9.18 Å². The summed E-state index contributed by atoms with van der Waals surface area (Å²) in [4.78, 5) is 27.6. The van der Waals surface area contributed by atoms with Crippen molar-refractivity contribution in [1.82, 2.24) is 19.9 Å². The van der Waals surface area contributed by atoms with Crippen LogP contribution in [-0.4, -0.2) is 38.8 Å². The van der Waals surface area contributed by atoms with Crippen LogP contribution in [-0.2, 0) is 17.6 Å². The van der Waals surface area contributed by atoms with Gasteiger partial charge in [-0.2, -0.15) is 0 Å². The first-order valence-corrected chi connectivity index (χ1v) is 9.54. The van der Waals surface area contributed by atoms with Gasteiger partial charge in [0.2, 0.25) is 5.91 Å². The first kappa shape index (κ1) is 19.0. The molecule has 148 valence electrons. The predicted molar refractivity (Wildman–Crippen MR) is 108 cm³/mol. The van der Waals surface area contributed by atoms with Crippen LogP contribution in [0.3, 0.4) is 0 Å². The molecule has 1 amide bonds. The van der Waals surface area contributed by atoms with Crippen molar-refractivity contribution in [3.8, 4) is 11.3 Å². The van der Waals surface area contributed by atoms with E-state index in [1.165, 1.54) is 12.1 Å². The van der Waals surface area contributed by atoms with Crippen LogP contribution in [0.1, 0.15) is 17.1 Å². The van der Waals surface area contributed by atoms with Crippen LogP contribution in [0.25, 0.3) is 11.3 Å². The summed E-state index contributed by atoms with van der Waals surface area (Å²) >= 11 is 0. The summed E-state index contributed by atoms with van der Waals surface area (Å²) in [6, 6.07) is 9.60. The number of nitrogens with zero attached hydrogens (tertiary/aromatic N) is 4. The number of nitrogen functional groups attached to an aromatic ring is 1. The standard InChI is InChI=1S/C22H22FN5O/c1-14-10-25-21(26-11-14)8-15-12-28(13-15)22(29)9-20-18(24)6-7-19(27-20)16-2-4-17(23)5-3-16/h2-7,10-11,15H,8-9,12-13,24H2,1H3. The van der Waals surface area contributed by atoms with Gasteiger partial charge in [0.1, 0.15) is 11.6 Å². The number of hydrogen-bond donors (Lipinski definition) is 1. The molecule has 7 heteroatoms. The third-order valence-electron chi connectivity index (χ3n) is 5.08. The molecule has 1 saturated heterocycles. The molecule has 0 atom stereocenters. The van der Waals surface area contributed by atoms with Crippen molar-refractivity contribution in [2.24, 2.45) is 5.92 Å². The Kier molecular flexibility index (Phi) is 5.20. The van der Waals surface area contributed by atoms with Crippen LogP contribution in [0.4, 0.5) is 10.1 Å². The number of carbonyl (C=O) groups is 1. The average Bonchev–Trinajstić information content (AvgIpc) is 2.68. The predicted octanol–water partition coefficient (Wildman–Crippen LogP) is 2.81. The summed E-state index contributed by atoms with van der Waals surface area (Å²) in [5.41, 5.74) is 9.54. The number of hydrogen-bond acceptors (Lipinski definition) is 5. The minimum absolute atomic E-state index is 0.00142. The molecule has 0 saturated carbocycles. The Morgan fingerprint density at radius 2 is 1.83 bits per heavy atom. The van der Waals surface area contributed by atoms with Gasteiger partial charge in [0, 0.05) is 43.4 Å². The van der Waals surface area contributed by atoms with E-state index < -0.39 is 0 Å². The van der Waals surface area contributed by atoms with Crippen molar-refractivity contribution >= 4 is 11.6 Å². The van der Waals surface area contributed by atoms with Gasteiger partial charge in [0.05, 0.1) is 23.5 Å². The molecule has 2 N–H and O–H groups in total. The summed E-state index contributed by atoms with van der Waals surface area (Å²) < 4.78 is 13.1. The van der Waals surface area contributed by atoms with E-state index in [1.807, 2.05) is 24.2 Å². The van der Waals surface area contributed by atoms with Gasteiger partial charge >= 0.3 is 0 Å². The van der Waals surface area contributed by atoms with Crippen LogP contribution >= 0.6 is 0 Å². The molecule has 1 aromatic carbocycles. The summed E-state index contributed by atoms with van der Waals surface area (Å²) in [7, 11) is 0. The first-order valence-electron chi connectivity index (χ1n) is 9.54. The highest BCUT2D eigenvalue weighted by atomic mass is 19.1. The lowest BCUT2D eigenvalue weighted by Gasteiger charge is -2.39. The highest BCUT2D eigenvalue weighted by Crippen LogP contribution is 2.24. The Hall–Kier alpha value is -3.35. The Morgan fingerprint density at radius 3 is 2.52 bits per heavy atom.